The van der Waals surface area contributed by atoms with Crippen molar-refractivity contribution in [3.63, 3.8) is 0 Å². The lowest BCUT2D eigenvalue weighted by Crippen LogP contribution is -2.25. The number of thiocarbonyl (C=S) groups is 1. The normalized spacial score (nSPS) is 17.8. The largest absolute Gasteiger partial charge is 0.328 e. The zero-order valence-electron chi connectivity index (χ0n) is 8.83. The summed E-state index contributed by atoms with van der Waals surface area (Å²) in [6, 6.07) is 5.08. The molecule has 1 aromatic carbocycles. The van der Waals surface area contributed by atoms with Gasteiger partial charge in [-0.15, -0.1) is 0 Å². The van der Waals surface area contributed by atoms with Gasteiger partial charge in [0.1, 0.15) is 5.70 Å². The van der Waals surface area contributed by atoms with Crippen molar-refractivity contribution in [3.8, 4) is 0 Å². The zero-order valence-corrected chi connectivity index (χ0v) is 11.2. The van der Waals surface area contributed by atoms with E-state index in [1.54, 1.807) is 31.3 Å². The Labute approximate surface area is 114 Å². The summed E-state index contributed by atoms with van der Waals surface area (Å²) in [7, 11) is 1.61. The molecule has 0 bridgehead atoms. The Morgan fingerprint density at radius 2 is 2.12 bits per heavy atom. The van der Waals surface area contributed by atoms with E-state index in [4.69, 9.17) is 35.4 Å². The molecule has 2 rings (SSSR count). The van der Waals surface area contributed by atoms with E-state index < -0.39 is 0 Å². The monoisotopic (exact) mass is 286 g/mol. The van der Waals surface area contributed by atoms with E-state index in [1.807, 2.05) is 0 Å². The maximum atomic E-state index is 11.7. The van der Waals surface area contributed by atoms with Crippen molar-refractivity contribution >= 4 is 52.5 Å². The molecule has 1 fully saturated rings. The summed E-state index contributed by atoms with van der Waals surface area (Å²) in [4.78, 5) is 13.1. The van der Waals surface area contributed by atoms with Crippen LogP contribution < -0.4 is 5.32 Å². The molecule has 3 nitrogen and oxygen atoms in total. The molecule has 1 saturated heterocycles. The minimum Gasteiger partial charge on any atom is -0.328 e. The molecule has 0 radical (unpaired) electrons. The van der Waals surface area contributed by atoms with Gasteiger partial charge in [-0.05, 0) is 36.0 Å². The van der Waals surface area contributed by atoms with Crippen molar-refractivity contribution in [3.05, 3.63) is 39.5 Å². The Hall–Kier alpha value is -1.10. The fourth-order valence-corrected chi connectivity index (χ4v) is 2.05. The van der Waals surface area contributed by atoms with E-state index in [0.29, 0.717) is 26.4 Å². The number of hydrogen-bond acceptors (Lipinski definition) is 2. The van der Waals surface area contributed by atoms with Crippen molar-refractivity contribution in [1.29, 1.82) is 0 Å². The molecule has 0 atom stereocenters. The van der Waals surface area contributed by atoms with Gasteiger partial charge in [0, 0.05) is 17.1 Å². The highest BCUT2D eigenvalue weighted by Crippen LogP contribution is 2.23. The molecule has 0 spiro atoms. The van der Waals surface area contributed by atoms with E-state index in [0.717, 1.165) is 0 Å². The van der Waals surface area contributed by atoms with Crippen LogP contribution in [0.25, 0.3) is 6.08 Å². The van der Waals surface area contributed by atoms with Crippen LogP contribution in [0.15, 0.2) is 23.9 Å². The van der Waals surface area contributed by atoms with Crippen LogP contribution in [0.2, 0.25) is 10.0 Å². The SMILES string of the molecule is CN1C(=O)/C(=C\c2ccc(Cl)cc2Cl)NC1=S. The third-order valence-corrected chi connectivity index (χ3v) is 3.28. The second-order valence-corrected chi connectivity index (χ2v) is 4.75. The first-order chi connectivity index (χ1) is 7.99. The molecule has 1 heterocycles. The third-order valence-electron chi connectivity index (χ3n) is 2.34. The number of amides is 1. The van der Waals surface area contributed by atoms with Gasteiger partial charge in [0.15, 0.2) is 5.11 Å². The Bertz CT molecular complexity index is 542. The fourth-order valence-electron chi connectivity index (χ4n) is 1.40. The molecular formula is C11H8Cl2N2OS. The summed E-state index contributed by atoms with van der Waals surface area (Å²) >= 11 is 16.8. The van der Waals surface area contributed by atoms with Gasteiger partial charge in [0.05, 0.1) is 0 Å². The summed E-state index contributed by atoms with van der Waals surface area (Å²) in [6.07, 6.45) is 1.65. The zero-order chi connectivity index (χ0) is 12.6. The number of likely N-dealkylation sites (N-methyl/N-ethyl adjacent to an activating group) is 1. The Morgan fingerprint density at radius 3 is 2.65 bits per heavy atom. The maximum Gasteiger partial charge on any atom is 0.276 e. The number of hydrogen-bond donors (Lipinski definition) is 1. The number of rotatable bonds is 1. The van der Waals surface area contributed by atoms with E-state index in [2.05, 4.69) is 5.32 Å². The molecule has 0 unspecified atom stereocenters. The molecule has 1 aromatic rings. The molecule has 1 aliphatic heterocycles. The highest BCUT2D eigenvalue weighted by atomic mass is 35.5. The van der Waals surface area contributed by atoms with E-state index >= 15 is 0 Å². The van der Waals surface area contributed by atoms with E-state index in [-0.39, 0.29) is 5.91 Å². The van der Waals surface area contributed by atoms with Crippen molar-refractivity contribution in [2.75, 3.05) is 7.05 Å². The molecule has 1 amide bonds. The van der Waals surface area contributed by atoms with Gasteiger partial charge in [0.25, 0.3) is 5.91 Å². The predicted octanol–water partition coefficient (Wildman–Crippen LogP) is 2.68. The van der Waals surface area contributed by atoms with Crippen LogP contribution in [-0.4, -0.2) is 23.0 Å². The van der Waals surface area contributed by atoms with E-state index in [1.165, 1.54) is 4.90 Å². The van der Waals surface area contributed by atoms with Gasteiger partial charge in [-0.25, -0.2) is 0 Å². The summed E-state index contributed by atoms with van der Waals surface area (Å²) in [5.41, 5.74) is 1.12. The van der Waals surface area contributed by atoms with Gasteiger partial charge < -0.3 is 5.32 Å². The van der Waals surface area contributed by atoms with E-state index in [9.17, 15) is 4.79 Å². The second kappa shape index (κ2) is 4.64. The van der Waals surface area contributed by atoms with Crippen molar-refractivity contribution in [1.82, 2.24) is 10.2 Å². The van der Waals surface area contributed by atoms with Gasteiger partial charge in [0.2, 0.25) is 0 Å². The number of carbonyl (C=O) groups is 1. The molecule has 0 aliphatic carbocycles. The quantitative estimate of drug-likeness (QED) is 0.636. The second-order valence-electron chi connectivity index (χ2n) is 3.52. The van der Waals surface area contributed by atoms with Gasteiger partial charge in [-0.3, -0.25) is 9.69 Å². The minimum atomic E-state index is -0.180. The summed E-state index contributed by atoms with van der Waals surface area (Å²) in [6.45, 7) is 0. The molecular weight excluding hydrogens is 279 g/mol. The van der Waals surface area contributed by atoms with Crippen LogP contribution in [0.4, 0.5) is 0 Å². The average molecular weight is 287 g/mol. The Balaban J connectivity index is 2.37. The molecule has 1 N–H and O–H groups in total. The highest BCUT2D eigenvalue weighted by Gasteiger charge is 2.27. The number of halogens is 2. The smallest absolute Gasteiger partial charge is 0.276 e. The number of nitrogens with zero attached hydrogens (tertiary/aromatic N) is 1. The lowest BCUT2D eigenvalue weighted by molar-refractivity contribution is -0.121. The maximum absolute atomic E-state index is 11.7. The molecule has 1 aliphatic rings. The van der Waals surface area contributed by atoms with Gasteiger partial charge >= 0.3 is 0 Å². The van der Waals surface area contributed by atoms with Crippen LogP contribution in [-0.2, 0) is 4.79 Å². The minimum absolute atomic E-state index is 0.180. The first-order valence-corrected chi connectivity index (χ1v) is 5.91. The van der Waals surface area contributed by atoms with Crippen LogP contribution in [0.1, 0.15) is 5.56 Å². The standard InChI is InChI=1S/C11H8Cl2N2OS/c1-15-10(16)9(14-11(15)17)4-6-2-3-7(12)5-8(6)13/h2-5H,1H3,(H,14,17)/b9-4+. The Morgan fingerprint density at radius 1 is 1.41 bits per heavy atom. The predicted molar refractivity (Wildman–Crippen MR) is 72.9 cm³/mol. The highest BCUT2D eigenvalue weighted by molar-refractivity contribution is 7.80. The molecule has 17 heavy (non-hydrogen) atoms. The number of benzene rings is 1. The van der Waals surface area contributed by atoms with Gasteiger partial charge in [-0.1, -0.05) is 29.3 Å². The van der Waals surface area contributed by atoms with Crippen LogP contribution in [0.5, 0.6) is 0 Å². The van der Waals surface area contributed by atoms with Crippen LogP contribution in [0, 0.1) is 0 Å². The lowest BCUT2D eigenvalue weighted by atomic mass is 10.2. The lowest BCUT2D eigenvalue weighted by Gasteiger charge is -2.02. The fraction of sp³-hybridized carbons (Fsp3) is 0.0909. The van der Waals surface area contributed by atoms with Crippen molar-refractivity contribution < 1.29 is 4.79 Å². The summed E-state index contributed by atoms with van der Waals surface area (Å²) < 4.78 is 0. The van der Waals surface area contributed by atoms with Crippen molar-refractivity contribution in [2.45, 2.75) is 0 Å². The first-order valence-electron chi connectivity index (χ1n) is 4.75. The molecule has 6 heteroatoms. The molecule has 0 saturated carbocycles. The van der Waals surface area contributed by atoms with Crippen molar-refractivity contribution in [2.24, 2.45) is 0 Å². The first kappa shape index (κ1) is 12.4. The third kappa shape index (κ3) is 2.44. The number of carbonyl (C=O) groups excluding carboxylic acids is 1. The molecule has 88 valence electrons. The number of nitrogens with one attached hydrogen (secondary N) is 1. The molecule has 0 aromatic heterocycles. The summed E-state index contributed by atoms with van der Waals surface area (Å²) in [5, 5.41) is 4.24. The van der Waals surface area contributed by atoms with Gasteiger partial charge in [-0.2, -0.15) is 0 Å². The van der Waals surface area contributed by atoms with Crippen LogP contribution >= 0.6 is 35.4 Å². The Kier molecular flexibility index (Phi) is 3.38. The summed E-state index contributed by atoms with van der Waals surface area (Å²) in [5.74, 6) is -0.180. The topological polar surface area (TPSA) is 32.3 Å². The average Bonchev–Trinajstić information content (AvgIpc) is 2.50. The van der Waals surface area contributed by atoms with Crippen LogP contribution in [0.3, 0.4) is 0 Å².